The zero-order valence-electron chi connectivity index (χ0n) is 11.4. The molecule has 2 N–H and O–H groups in total. The quantitative estimate of drug-likeness (QED) is 0.426. The van der Waals surface area contributed by atoms with E-state index in [0.29, 0.717) is 6.04 Å². The number of aliphatic imine (C=N–C) groups is 1. The monoisotopic (exact) mass is 355 g/mol. The van der Waals surface area contributed by atoms with Gasteiger partial charge in [0.05, 0.1) is 0 Å². The molecule has 0 aromatic carbocycles. The van der Waals surface area contributed by atoms with E-state index in [1.54, 1.807) is 7.05 Å². The van der Waals surface area contributed by atoms with Gasteiger partial charge in [-0.05, 0) is 14.0 Å². The fourth-order valence-corrected chi connectivity index (χ4v) is 1.92. The second-order valence-electron chi connectivity index (χ2n) is 4.39. The van der Waals surface area contributed by atoms with Crippen LogP contribution in [0.3, 0.4) is 0 Å². The maximum Gasteiger partial charge on any atom is 0.190 e. The lowest BCUT2D eigenvalue weighted by Gasteiger charge is -2.36. The summed E-state index contributed by atoms with van der Waals surface area (Å²) in [5.41, 5.74) is 0. The van der Waals surface area contributed by atoms with Gasteiger partial charge in [-0.2, -0.15) is 0 Å². The van der Waals surface area contributed by atoms with E-state index < -0.39 is 0 Å². The van der Waals surface area contributed by atoms with E-state index in [1.807, 2.05) is 7.05 Å². The number of rotatable bonds is 3. The molecule has 1 unspecified atom stereocenters. The number of piperazine rings is 1. The second kappa shape index (κ2) is 8.93. The number of halogens is 1. The van der Waals surface area contributed by atoms with Gasteiger partial charge >= 0.3 is 0 Å². The molecule has 1 heterocycles. The van der Waals surface area contributed by atoms with E-state index in [2.05, 4.69) is 39.4 Å². The molecule has 0 saturated carbocycles. The first-order chi connectivity index (χ1) is 7.67. The summed E-state index contributed by atoms with van der Waals surface area (Å²) in [6, 6.07) is 0.554. The van der Waals surface area contributed by atoms with Gasteiger partial charge in [0, 0.05) is 52.9 Å². The molecule has 1 aliphatic rings. The van der Waals surface area contributed by atoms with Crippen molar-refractivity contribution in [3.05, 3.63) is 0 Å². The smallest absolute Gasteiger partial charge is 0.190 e. The van der Waals surface area contributed by atoms with Crippen LogP contribution in [0.1, 0.15) is 6.92 Å². The largest absolute Gasteiger partial charge is 0.359 e. The van der Waals surface area contributed by atoms with Crippen molar-refractivity contribution in [1.82, 2.24) is 20.4 Å². The fourth-order valence-electron chi connectivity index (χ4n) is 1.92. The molecule has 0 aliphatic carbocycles. The third kappa shape index (κ3) is 5.87. The minimum absolute atomic E-state index is 0. The molecule has 5 nitrogen and oxygen atoms in total. The molecule has 1 fully saturated rings. The van der Waals surface area contributed by atoms with Gasteiger partial charge in [-0.1, -0.05) is 0 Å². The Hall–Kier alpha value is -0.0800. The maximum atomic E-state index is 4.10. The molecule has 1 saturated heterocycles. The molecule has 6 heteroatoms. The molecule has 1 atom stereocenters. The van der Waals surface area contributed by atoms with Gasteiger partial charge in [0.15, 0.2) is 5.96 Å². The normalized spacial score (nSPS) is 20.6. The number of likely N-dealkylation sites (N-methyl/N-ethyl adjacent to an activating group) is 1. The van der Waals surface area contributed by atoms with Crippen LogP contribution in [0, 0.1) is 0 Å². The first-order valence-corrected chi connectivity index (χ1v) is 5.98. The van der Waals surface area contributed by atoms with Crippen LogP contribution in [0.5, 0.6) is 0 Å². The average Bonchev–Trinajstić information content (AvgIpc) is 2.31. The lowest BCUT2D eigenvalue weighted by Crippen LogP contribution is -2.52. The molecule has 0 amide bonds. The Morgan fingerprint density at radius 3 is 2.35 bits per heavy atom. The number of hydrogen-bond donors (Lipinski definition) is 2. The highest BCUT2D eigenvalue weighted by Crippen LogP contribution is 2.03. The lowest BCUT2D eigenvalue weighted by atomic mass is 10.2. The van der Waals surface area contributed by atoms with Crippen molar-refractivity contribution < 1.29 is 0 Å². The Labute approximate surface area is 122 Å². The fraction of sp³-hybridized carbons (Fsp3) is 0.909. The van der Waals surface area contributed by atoms with Crippen LogP contribution in [-0.2, 0) is 0 Å². The third-order valence-electron chi connectivity index (χ3n) is 3.19. The van der Waals surface area contributed by atoms with Crippen LogP contribution in [0.2, 0.25) is 0 Å². The molecule has 102 valence electrons. The van der Waals surface area contributed by atoms with Crippen LogP contribution in [0.25, 0.3) is 0 Å². The highest BCUT2D eigenvalue weighted by molar-refractivity contribution is 14.0. The average molecular weight is 355 g/mol. The van der Waals surface area contributed by atoms with Crippen LogP contribution in [0.15, 0.2) is 4.99 Å². The van der Waals surface area contributed by atoms with Gasteiger partial charge in [0.2, 0.25) is 0 Å². The Morgan fingerprint density at radius 1 is 1.29 bits per heavy atom. The topological polar surface area (TPSA) is 42.9 Å². The number of hydrogen-bond acceptors (Lipinski definition) is 3. The number of guanidine groups is 1. The summed E-state index contributed by atoms with van der Waals surface area (Å²) in [7, 11) is 5.86. The SMILES string of the molecule is CN=C(NC)NCC(C)N1CCN(C)CC1.I. The van der Waals surface area contributed by atoms with Gasteiger partial charge < -0.3 is 15.5 Å². The van der Waals surface area contributed by atoms with Crippen molar-refractivity contribution in [1.29, 1.82) is 0 Å². The lowest BCUT2D eigenvalue weighted by molar-refractivity contribution is 0.120. The number of nitrogens with one attached hydrogen (secondary N) is 2. The summed E-state index contributed by atoms with van der Waals surface area (Å²) in [5, 5.41) is 6.34. The Bertz CT molecular complexity index is 226. The summed E-state index contributed by atoms with van der Waals surface area (Å²) < 4.78 is 0. The van der Waals surface area contributed by atoms with E-state index in [9.17, 15) is 0 Å². The summed E-state index contributed by atoms with van der Waals surface area (Å²) in [6.45, 7) is 7.88. The molecule has 0 radical (unpaired) electrons. The van der Waals surface area contributed by atoms with E-state index in [1.165, 1.54) is 13.1 Å². The van der Waals surface area contributed by atoms with Crippen LogP contribution in [-0.4, -0.2) is 75.7 Å². The highest BCUT2D eigenvalue weighted by atomic mass is 127. The van der Waals surface area contributed by atoms with Crippen molar-refractivity contribution in [2.75, 3.05) is 53.9 Å². The zero-order chi connectivity index (χ0) is 12.0. The van der Waals surface area contributed by atoms with Gasteiger partial charge in [0.1, 0.15) is 0 Å². The summed E-state index contributed by atoms with van der Waals surface area (Å²) in [6.07, 6.45) is 0. The molecule has 0 spiro atoms. The van der Waals surface area contributed by atoms with Gasteiger partial charge in [-0.25, -0.2) is 0 Å². The van der Waals surface area contributed by atoms with Crippen molar-refractivity contribution in [2.45, 2.75) is 13.0 Å². The first-order valence-electron chi connectivity index (χ1n) is 5.98. The van der Waals surface area contributed by atoms with Crippen molar-refractivity contribution in [3.8, 4) is 0 Å². The van der Waals surface area contributed by atoms with Crippen LogP contribution < -0.4 is 10.6 Å². The van der Waals surface area contributed by atoms with Crippen LogP contribution >= 0.6 is 24.0 Å². The van der Waals surface area contributed by atoms with Crippen molar-refractivity contribution in [2.24, 2.45) is 4.99 Å². The summed E-state index contributed by atoms with van der Waals surface area (Å²) >= 11 is 0. The van der Waals surface area contributed by atoms with E-state index in [-0.39, 0.29) is 24.0 Å². The highest BCUT2D eigenvalue weighted by Gasteiger charge is 2.18. The maximum absolute atomic E-state index is 4.10. The Balaban J connectivity index is 0.00000256. The standard InChI is InChI=1S/C11H25N5.HI/c1-10(9-14-11(12-2)13-3)16-7-5-15(4)6-8-16;/h10H,5-9H2,1-4H3,(H2,12,13,14);1H. The predicted molar refractivity (Wildman–Crippen MR) is 84.4 cm³/mol. The molecular weight excluding hydrogens is 329 g/mol. The molecule has 1 aliphatic heterocycles. The Kier molecular flexibility index (Phi) is 8.89. The van der Waals surface area contributed by atoms with Gasteiger partial charge in [-0.3, -0.25) is 9.89 Å². The van der Waals surface area contributed by atoms with Crippen molar-refractivity contribution >= 4 is 29.9 Å². The molecule has 0 aromatic rings. The predicted octanol–water partition coefficient (Wildman–Crippen LogP) is 0.0351. The number of nitrogens with zero attached hydrogens (tertiary/aromatic N) is 3. The Morgan fingerprint density at radius 2 is 1.88 bits per heavy atom. The van der Waals surface area contributed by atoms with E-state index >= 15 is 0 Å². The third-order valence-corrected chi connectivity index (χ3v) is 3.19. The zero-order valence-corrected chi connectivity index (χ0v) is 13.7. The van der Waals surface area contributed by atoms with E-state index in [4.69, 9.17) is 0 Å². The second-order valence-corrected chi connectivity index (χ2v) is 4.39. The van der Waals surface area contributed by atoms with Crippen molar-refractivity contribution in [3.63, 3.8) is 0 Å². The molecule has 0 aromatic heterocycles. The molecule has 17 heavy (non-hydrogen) atoms. The van der Waals surface area contributed by atoms with Gasteiger partial charge in [0.25, 0.3) is 0 Å². The molecule has 0 bridgehead atoms. The minimum atomic E-state index is 0. The summed E-state index contributed by atoms with van der Waals surface area (Å²) in [4.78, 5) is 9.01. The molecule has 1 rings (SSSR count). The molecular formula is C11H26IN5. The van der Waals surface area contributed by atoms with Gasteiger partial charge in [-0.15, -0.1) is 24.0 Å². The minimum Gasteiger partial charge on any atom is -0.359 e. The first kappa shape index (κ1) is 16.9. The summed E-state index contributed by atoms with van der Waals surface area (Å²) in [5.74, 6) is 0.862. The van der Waals surface area contributed by atoms with E-state index in [0.717, 1.165) is 25.6 Å². The van der Waals surface area contributed by atoms with Crippen LogP contribution in [0.4, 0.5) is 0 Å².